The molecule has 0 atom stereocenters. The predicted octanol–water partition coefficient (Wildman–Crippen LogP) is 4.53. The fraction of sp³-hybridized carbons (Fsp3) is 0.300. The zero-order valence-electron chi connectivity index (χ0n) is 18.3. The molecule has 8 nitrogen and oxygen atoms in total. The van der Waals surface area contributed by atoms with Gasteiger partial charge in [-0.25, -0.2) is 18.4 Å². The first-order valence-corrected chi connectivity index (χ1v) is 11.9. The first-order valence-electron chi connectivity index (χ1n) is 9.90. The topological polar surface area (TPSA) is 95.6 Å². The van der Waals surface area contributed by atoms with Gasteiger partial charge in [-0.15, -0.1) is 10.2 Å². The van der Waals surface area contributed by atoms with Gasteiger partial charge in [-0.3, -0.25) is 0 Å². The highest BCUT2D eigenvalue weighted by molar-refractivity contribution is 7.91. The molecule has 0 spiro atoms. The minimum atomic E-state index is -5.89. The number of aromatic nitrogens is 6. The van der Waals surface area contributed by atoms with Crippen LogP contribution in [-0.2, 0) is 29.9 Å². The van der Waals surface area contributed by atoms with Crippen molar-refractivity contribution in [3.05, 3.63) is 41.0 Å². The minimum Gasteiger partial charge on any atom is -0.318 e. The van der Waals surface area contributed by atoms with Gasteiger partial charge in [0.1, 0.15) is 22.7 Å². The first kappa shape index (κ1) is 25.0. The molecular formula is C20H16ClF5N6O2S. The van der Waals surface area contributed by atoms with E-state index in [1.807, 2.05) is 0 Å². The van der Waals surface area contributed by atoms with Gasteiger partial charge in [-0.2, -0.15) is 22.0 Å². The number of aryl methyl sites for hydroxylation is 1. The van der Waals surface area contributed by atoms with Crippen molar-refractivity contribution < 1.29 is 30.4 Å². The van der Waals surface area contributed by atoms with Gasteiger partial charge >= 0.3 is 12.1 Å². The van der Waals surface area contributed by atoms with Crippen LogP contribution in [0.15, 0.2) is 35.4 Å². The van der Waals surface area contributed by atoms with Gasteiger partial charge < -0.3 is 9.13 Å². The molecule has 0 aliphatic heterocycles. The van der Waals surface area contributed by atoms with Crippen LogP contribution in [0.3, 0.4) is 0 Å². The smallest absolute Gasteiger partial charge is 0.318 e. The number of halogens is 6. The number of hydrogen-bond acceptors (Lipinski definition) is 6. The molecule has 0 aliphatic carbocycles. The summed E-state index contributed by atoms with van der Waals surface area (Å²) in [7, 11) is -1.04. The van der Waals surface area contributed by atoms with Crippen molar-refractivity contribution in [2.24, 2.45) is 14.1 Å². The monoisotopic (exact) mass is 534 g/mol. The Bertz CT molecular complexity index is 1560. The lowest BCUT2D eigenvalue weighted by Crippen LogP contribution is -2.34. The lowest BCUT2D eigenvalue weighted by molar-refractivity contribution is -0.291. The van der Waals surface area contributed by atoms with E-state index >= 15 is 0 Å². The summed E-state index contributed by atoms with van der Waals surface area (Å²) in [5.74, 6) is -5.44. The third-order valence-electron chi connectivity index (χ3n) is 5.31. The van der Waals surface area contributed by atoms with Crippen molar-refractivity contribution in [1.82, 2.24) is 29.3 Å². The SMILES string of the molecule is CCS(=O)(=O)c1c(-c2nc3cc(C(F)(F)C(F)(F)F)nnc3n2C)nc(-c2cccc(Cl)c2)n1C. The molecule has 15 heteroatoms. The lowest BCUT2D eigenvalue weighted by atomic mass is 10.2. The van der Waals surface area contributed by atoms with Crippen LogP contribution in [0.5, 0.6) is 0 Å². The molecule has 0 fully saturated rings. The second kappa shape index (κ2) is 8.22. The second-order valence-corrected chi connectivity index (χ2v) is 10.2. The molecule has 0 saturated carbocycles. The van der Waals surface area contributed by atoms with Crippen molar-refractivity contribution in [3.63, 3.8) is 0 Å². The quantitative estimate of drug-likeness (QED) is 0.349. The van der Waals surface area contributed by atoms with E-state index in [1.165, 1.54) is 30.2 Å². The van der Waals surface area contributed by atoms with Crippen LogP contribution in [0.4, 0.5) is 22.0 Å². The average molecular weight is 535 g/mol. The maximum atomic E-state index is 13.8. The van der Waals surface area contributed by atoms with E-state index in [0.29, 0.717) is 16.7 Å². The van der Waals surface area contributed by atoms with Crippen LogP contribution in [0.1, 0.15) is 12.6 Å². The van der Waals surface area contributed by atoms with Crippen LogP contribution in [0, 0.1) is 0 Å². The van der Waals surface area contributed by atoms with Gasteiger partial charge in [-0.05, 0) is 18.2 Å². The molecule has 0 N–H and O–H groups in total. The second-order valence-electron chi connectivity index (χ2n) is 7.57. The van der Waals surface area contributed by atoms with Crippen LogP contribution in [-0.4, -0.2) is 49.6 Å². The molecule has 3 aromatic heterocycles. The zero-order valence-corrected chi connectivity index (χ0v) is 19.8. The van der Waals surface area contributed by atoms with Crippen molar-refractivity contribution >= 4 is 32.6 Å². The van der Waals surface area contributed by atoms with E-state index in [0.717, 1.165) is 0 Å². The molecule has 0 radical (unpaired) electrons. The number of nitrogens with zero attached hydrogens (tertiary/aromatic N) is 6. The van der Waals surface area contributed by atoms with E-state index in [-0.39, 0.29) is 39.3 Å². The summed E-state index contributed by atoms with van der Waals surface area (Å²) in [6.45, 7) is 1.43. The van der Waals surface area contributed by atoms with Crippen molar-refractivity contribution in [2.75, 3.05) is 5.75 Å². The molecule has 4 rings (SSSR count). The van der Waals surface area contributed by atoms with Gasteiger partial charge in [0.15, 0.2) is 26.3 Å². The van der Waals surface area contributed by atoms with Crippen molar-refractivity contribution in [3.8, 4) is 22.9 Å². The van der Waals surface area contributed by atoms with Gasteiger partial charge in [0.05, 0.1) is 5.75 Å². The van der Waals surface area contributed by atoms with Crippen molar-refractivity contribution in [2.45, 2.75) is 24.0 Å². The van der Waals surface area contributed by atoms with Gasteiger partial charge in [0.25, 0.3) is 0 Å². The Hall–Kier alpha value is -3.13. The third-order valence-corrected chi connectivity index (χ3v) is 7.36. The maximum Gasteiger partial charge on any atom is 0.459 e. The maximum absolute atomic E-state index is 13.8. The Morgan fingerprint density at radius 3 is 2.26 bits per heavy atom. The Kier molecular flexibility index (Phi) is 5.87. The molecule has 4 aromatic rings. The molecule has 0 bridgehead atoms. The number of sulfone groups is 1. The molecular weight excluding hydrogens is 519 g/mol. The summed E-state index contributed by atoms with van der Waals surface area (Å²) in [5, 5.41) is 6.69. The molecule has 1 aromatic carbocycles. The summed E-state index contributed by atoms with van der Waals surface area (Å²) in [6.07, 6.45) is -5.89. The van der Waals surface area contributed by atoms with E-state index in [9.17, 15) is 30.4 Å². The third kappa shape index (κ3) is 4.03. The van der Waals surface area contributed by atoms with E-state index in [1.54, 1.807) is 24.3 Å². The van der Waals surface area contributed by atoms with Crippen LogP contribution >= 0.6 is 11.6 Å². The number of rotatable bonds is 5. The van der Waals surface area contributed by atoms with Gasteiger partial charge in [-0.1, -0.05) is 30.7 Å². The number of hydrogen-bond donors (Lipinski definition) is 0. The summed E-state index contributed by atoms with van der Waals surface area (Å²) in [5.41, 5.74) is -1.76. The van der Waals surface area contributed by atoms with Crippen molar-refractivity contribution in [1.29, 1.82) is 0 Å². The fourth-order valence-electron chi connectivity index (χ4n) is 3.50. The van der Waals surface area contributed by atoms with Crippen LogP contribution < -0.4 is 0 Å². The van der Waals surface area contributed by atoms with E-state index in [4.69, 9.17) is 11.6 Å². The van der Waals surface area contributed by atoms with Crippen LogP contribution in [0.2, 0.25) is 5.02 Å². The number of benzene rings is 1. The van der Waals surface area contributed by atoms with Crippen LogP contribution in [0.25, 0.3) is 34.1 Å². The fourth-order valence-corrected chi connectivity index (χ4v) is 4.90. The predicted molar refractivity (Wildman–Crippen MR) is 117 cm³/mol. The highest BCUT2D eigenvalue weighted by Crippen LogP contribution is 2.43. The normalized spacial score (nSPS) is 13.1. The highest BCUT2D eigenvalue weighted by atomic mass is 35.5. The van der Waals surface area contributed by atoms with E-state index < -0.39 is 27.6 Å². The number of alkyl halides is 5. The molecule has 0 aliphatic rings. The largest absolute Gasteiger partial charge is 0.459 e. The molecule has 35 heavy (non-hydrogen) atoms. The Morgan fingerprint density at radius 2 is 1.66 bits per heavy atom. The number of imidazole rings is 2. The standard InChI is InChI=1S/C20H16ClF5N6O2S/c1-4-35(33,34)18-14(28-15(32(18)3)10-6-5-7-11(21)8-10)17-27-12-9-13(19(22,23)20(24,25)26)29-30-16(12)31(17)2/h5-9H,4H2,1-3H3. The molecule has 0 unspecified atom stereocenters. The first-order chi connectivity index (χ1) is 16.2. The average Bonchev–Trinajstić information content (AvgIpc) is 3.30. The Labute approximate surface area is 200 Å². The summed E-state index contributed by atoms with van der Waals surface area (Å²) in [6, 6.07) is 6.96. The number of fused-ring (bicyclic) bond motifs is 1. The molecule has 186 valence electrons. The Balaban J connectivity index is 1.99. The summed E-state index contributed by atoms with van der Waals surface area (Å²) < 4.78 is 94.5. The Morgan fingerprint density at radius 1 is 0.971 bits per heavy atom. The lowest BCUT2D eigenvalue weighted by Gasteiger charge is -2.17. The zero-order chi connectivity index (χ0) is 25.9. The molecule has 0 saturated heterocycles. The minimum absolute atomic E-state index is 0.113. The molecule has 3 heterocycles. The summed E-state index contributed by atoms with van der Waals surface area (Å²) in [4.78, 5) is 8.54. The summed E-state index contributed by atoms with van der Waals surface area (Å²) >= 11 is 6.06. The van der Waals surface area contributed by atoms with Gasteiger partial charge in [0.2, 0.25) is 0 Å². The van der Waals surface area contributed by atoms with Gasteiger partial charge in [0, 0.05) is 24.7 Å². The highest BCUT2D eigenvalue weighted by Gasteiger charge is 2.60. The molecule has 0 amide bonds. The van der Waals surface area contributed by atoms with E-state index in [2.05, 4.69) is 20.2 Å².